The van der Waals surface area contributed by atoms with Crippen LogP contribution in [0.25, 0.3) is 0 Å². The highest BCUT2D eigenvalue weighted by molar-refractivity contribution is 5.79. The number of rotatable bonds is 0. The van der Waals surface area contributed by atoms with Crippen LogP contribution in [0.3, 0.4) is 0 Å². The maximum Gasteiger partial charge on any atom is 0.222 e. The van der Waals surface area contributed by atoms with Gasteiger partial charge in [0, 0.05) is 19.5 Å². The molecule has 0 aromatic carbocycles. The lowest BCUT2D eigenvalue weighted by molar-refractivity contribution is -0.128. The van der Waals surface area contributed by atoms with Gasteiger partial charge >= 0.3 is 0 Å². The van der Waals surface area contributed by atoms with Crippen molar-refractivity contribution >= 4 is 5.91 Å². The summed E-state index contributed by atoms with van der Waals surface area (Å²) < 4.78 is 0. The highest BCUT2D eigenvalue weighted by Crippen LogP contribution is 2.45. The number of hydrogen-bond acceptors (Lipinski definition) is 1. The minimum Gasteiger partial charge on any atom is -0.342 e. The molecule has 1 unspecified atom stereocenters. The standard InChI is InChI=1S/C13H25NO/c1-12(2,3)9-8-10(15)14(7)11(9)13(4,5)6/h9,11H,8H2,1-7H3/t9-,11?/m1/s1. The van der Waals surface area contributed by atoms with Crippen LogP contribution in [0.2, 0.25) is 0 Å². The molecule has 0 bridgehead atoms. The van der Waals surface area contributed by atoms with Crippen LogP contribution in [0.15, 0.2) is 0 Å². The van der Waals surface area contributed by atoms with E-state index in [0.29, 0.717) is 24.3 Å². The van der Waals surface area contributed by atoms with Gasteiger partial charge in [-0.15, -0.1) is 0 Å². The zero-order valence-electron chi connectivity index (χ0n) is 11.2. The van der Waals surface area contributed by atoms with Gasteiger partial charge in [-0.3, -0.25) is 4.79 Å². The van der Waals surface area contributed by atoms with E-state index in [-0.39, 0.29) is 10.8 Å². The molecule has 0 saturated carbocycles. The van der Waals surface area contributed by atoms with Crippen molar-refractivity contribution in [2.24, 2.45) is 16.7 Å². The topological polar surface area (TPSA) is 20.3 Å². The van der Waals surface area contributed by atoms with Crippen LogP contribution in [0.1, 0.15) is 48.0 Å². The highest BCUT2D eigenvalue weighted by Gasteiger charge is 2.48. The molecule has 0 aromatic rings. The highest BCUT2D eigenvalue weighted by atomic mass is 16.2. The Morgan fingerprint density at radius 1 is 1.07 bits per heavy atom. The minimum absolute atomic E-state index is 0.166. The third-order valence-electron chi connectivity index (χ3n) is 3.59. The Morgan fingerprint density at radius 2 is 1.53 bits per heavy atom. The maximum atomic E-state index is 11.8. The van der Waals surface area contributed by atoms with Crippen molar-refractivity contribution in [3.8, 4) is 0 Å². The molecule has 1 saturated heterocycles. The zero-order valence-corrected chi connectivity index (χ0v) is 11.2. The van der Waals surface area contributed by atoms with Crippen LogP contribution >= 0.6 is 0 Å². The molecular weight excluding hydrogens is 186 g/mol. The van der Waals surface area contributed by atoms with Gasteiger partial charge in [0.2, 0.25) is 5.91 Å². The lowest BCUT2D eigenvalue weighted by Gasteiger charge is -2.41. The van der Waals surface area contributed by atoms with E-state index in [0.717, 1.165) is 0 Å². The summed E-state index contributed by atoms with van der Waals surface area (Å²) in [6.45, 7) is 13.4. The molecule has 1 aliphatic rings. The third kappa shape index (κ3) is 2.35. The maximum absolute atomic E-state index is 11.8. The Kier molecular flexibility index (Phi) is 2.92. The van der Waals surface area contributed by atoms with E-state index in [2.05, 4.69) is 41.5 Å². The molecule has 0 aliphatic carbocycles. The van der Waals surface area contributed by atoms with Crippen molar-refractivity contribution in [1.82, 2.24) is 4.90 Å². The molecule has 1 rings (SSSR count). The molecule has 1 heterocycles. The molecule has 0 spiro atoms. The Bertz CT molecular complexity index is 257. The second-order valence-electron chi connectivity index (χ2n) is 6.99. The first-order chi connectivity index (χ1) is 6.55. The molecule has 2 heteroatoms. The Morgan fingerprint density at radius 3 is 1.80 bits per heavy atom. The van der Waals surface area contributed by atoms with Gasteiger partial charge in [0.15, 0.2) is 0 Å². The summed E-state index contributed by atoms with van der Waals surface area (Å²) >= 11 is 0. The Labute approximate surface area is 94.0 Å². The molecule has 1 aliphatic heterocycles. The molecule has 1 fully saturated rings. The predicted molar refractivity (Wildman–Crippen MR) is 63.6 cm³/mol. The van der Waals surface area contributed by atoms with Gasteiger partial charge in [-0.1, -0.05) is 41.5 Å². The van der Waals surface area contributed by atoms with Crippen LogP contribution in [0.4, 0.5) is 0 Å². The van der Waals surface area contributed by atoms with Crippen LogP contribution in [0, 0.1) is 16.7 Å². The summed E-state index contributed by atoms with van der Waals surface area (Å²) in [4.78, 5) is 13.8. The van der Waals surface area contributed by atoms with Crippen molar-refractivity contribution in [1.29, 1.82) is 0 Å². The molecule has 0 aromatic heterocycles. The first-order valence-corrected chi connectivity index (χ1v) is 5.81. The minimum atomic E-state index is 0.166. The van der Waals surface area contributed by atoms with E-state index in [1.165, 1.54) is 0 Å². The van der Waals surface area contributed by atoms with E-state index >= 15 is 0 Å². The molecule has 1 amide bonds. The average Bonchev–Trinajstić information content (AvgIpc) is 2.25. The normalized spacial score (nSPS) is 28.7. The first kappa shape index (κ1) is 12.5. The zero-order chi connectivity index (χ0) is 12.0. The fraction of sp³-hybridized carbons (Fsp3) is 0.923. The van der Waals surface area contributed by atoms with Crippen LogP contribution in [-0.2, 0) is 4.79 Å². The monoisotopic (exact) mass is 211 g/mol. The van der Waals surface area contributed by atoms with E-state index in [4.69, 9.17) is 0 Å². The lowest BCUT2D eigenvalue weighted by Crippen LogP contribution is -2.45. The summed E-state index contributed by atoms with van der Waals surface area (Å²) in [5.74, 6) is 0.768. The van der Waals surface area contributed by atoms with Gasteiger partial charge in [0.25, 0.3) is 0 Å². The van der Waals surface area contributed by atoms with E-state index in [1.807, 2.05) is 11.9 Å². The smallest absolute Gasteiger partial charge is 0.222 e. The molecule has 88 valence electrons. The average molecular weight is 211 g/mol. The molecule has 15 heavy (non-hydrogen) atoms. The largest absolute Gasteiger partial charge is 0.342 e. The predicted octanol–water partition coefficient (Wildman–Crippen LogP) is 2.93. The third-order valence-corrected chi connectivity index (χ3v) is 3.59. The first-order valence-electron chi connectivity index (χ1n) is 5.81. The van der Waals surface area contributed by atoms with Gasteiger partial charge in [-0.2, -0.15) is 0 Å². The molecule has 0 N–H and O–H groups in total. The second kappa shape index (κ2) is 3.50. The van der Waals surface area contributed by atoms with Crippen LogP contribution in [0.5, 0.6) is 0 Å². The van der Waals surface area contributed by atoms with Crippen molar-refractivity contribution in [2.45, 2.75) is 54.0 Å². The summed E-state index contributed by atoms with van der Waals surface area (Å²) in [5.41, 5.74) is 0.372. The van der Waals surface area contributed by atoms with E-state index in [1.54, 1.807) is 0 Å². The lowest BCUT2D eigenvalue weighted by atomic mass is 9.69. The number of hydrogen-bond donors (Lipinski definition) is 0. The van der Waals surface area contributed by atoms with Crippen LogP contribution < -0.4 is 0 Å². The van der Waals surface area contributed by atoms with Crippen LogP contribution in [-0.4, -0.2) is 23.9 Å². The fourth-order valence-corrected chi connectivity index (χ4v) is 2.83. The molecule has 2 nitrogen and oxygen atoms in total. The number of carbonyl (C=O) groups is 1. The number of amides is 1. The summed E-state index contributed by atoms with van der Waals surface area (Å²) in [6, 6.07) is 0.366. The second-order valence-corrected chi connectivity index (χ2v) is 6.99. The molecule has 0 radical (unpaired) electrons. The molecular formula is C13H25NO. The SMILES string of the molecule is CN1C(=O)C[C@@H](C(C)(C)C)C1C(C)(C)C. The Balaban J connectivity index is 3.03. The number of carbonyl (C=O) groups excluding carboxylic acids is 1. The summed E-state index contributed by atoms with van der Waals surface area (Å²) in [5, 5.41) is 0. The molecule has 2 atom stereocenters. The van der Waals surface area contributed by atoms with Gasteiger partial charge in [-0.25, -0.2) is 0 Å². The van der Waals surface area contributed by atoms with Gasteiger partial charge in [-0.05, 0) is 16.7 Å². The van der Waals surface area contributed by atoms with E-state index in [9.17, 15) is 4.79 Å². The van der Waals surface area contributed by atoms with Gasteiger partial charge in [0.05, 0.1) is 0 Å². The van der Waals surface area contributed by atoms with Crippen molar-refractivity contribution in [3.63, 3.8) is 0 Å². The Hall–Kier alpha value is -0.530. The van der Waals surface area contributed by atoms with Crippen molar-refractivity contribution < 1.29 is 4.79 Å². The fourth-order valence-electron chi connectivity index (χ4n) is 2.83. The number of likely N-dealkylation sites (tertiary alicyclic amines) is 1. The quantitative estimate of drug-likeness (QED) is 0.603. The van der Waals surface area contributed by atoms with E-state index < -0.39 is 0 Å². The summed E-state index contributed by atoms with van der Waals surface area (Å²) in [6.07, 6.45) is 0.710. The van der Waals surface area contributed by atoms with Gasteiger partial charge < -0.3 is 4.90 Å². The van der Waals surface area contributed by atoms with Crippen molar-refractivity contribution in [3.05, 3.63) is 0 Å². The number of nitrogens with zero attached hydrogens (tertiary/aromatic N) is 1. The van der Waals surface area contributed by atoms with Crippen molar-refractivity contribution in [2.75, 3.05) is 7.05 Å². The summed E-state index contributed by atoms with van der Waals surface area (Å²) in [7, 11) is 1.95. The van der Waals surface area contributed by atoms with Gasteiger partial charge in [0.1, 0.15) is 0 Å².